The van der Waals surface area contributed by atoms with Crippen molar-refractivity contribution in [3.63, 3.8) is 0 Å². The zero-order valence-corrected chi connectivity index (χ0v) is 15.4. The van der Waals surface area contributed by atoms with Crippen molar-refractivity contribution in [1.29, 1.82) is 0 Å². The van der Waals surface area contributed by atoms with Crippen LogP contribution in [0.1, 0.15) is 22.8 Å². The van der Waals surface area contributed by atoms with Gasteiger partial charge in [0.1, 0.15) is 6.61 Å². The lowest BCUT2D eigenvalue weighted by atomic mass is 10.1. The summed E-state index contributed by atoms with van der Waals surface area (Å²) in [6, 6.07) is 15.5. The van der Waals surface area contributed by atoms with Gasteiger partial charge in [0.25, 0.3) is 5.91 Å². The fraction of sp³-hybridized carbons (Fsp3) is 0.350. The van der Waals surface area contributed by atoms with Crippen molar-refractivity contribution in [1.82, 2.24) is 4.90 Å². The Morgan fingerprint density at radius 2 is 1.88 bits per heavy atom. The lowest BCUT2D eigenvalue weighted by Gasteiger charge is -2.31. The largest absolute Gasteiger partial charge is 0.486 e. The smallest absolute Gasteiger partial charge is 0.253 e. The maximum atomic E-state index is 12.8. The molecule has 0 N–H and O–H groups in total. The highest BCUT2D eigenvalue weighted by atomic mass is 32.2. The van der Waals surface area contributed by atoms with Crippen molar-refractivity contribution in [2.75, 3.05) is 26.0 Å². The first kappa shape index (κ1) is 17.7. The maximum absolute atomic E-state index is 12.8. The molecule has 1 aliphatic rings. The SMILES string of the molecule is CCN(CC1COc2ccccc2O1)C(=O)c1ccc(CSC)cc1. The Balaban J connectivity index is 1.65. The molecule has 132 valence electrons. The molecule has 0 aliphatic carbocycles. The van der Waals surface area contributed by atoms with E-state index in [0.29, 0.717) is 25.3 Å². The number of rotatable bonds is 6. The Labute approximate surface area is 153 Å². The van der Waals surface area contributed by atoms with Gasteiger partial charge < -0.3 is 14.4 Å². The normalized spacial score (nSPS) is 15.7. The third-order valence-corrected chi connectivity index (χ3v) is 4.79. The van der Waals surface area contributed by atoms with Gasteiger partial charge in [-0.2, -0.15) is 11.8 Å². The zero-order chi connectivity index (χ0) is 17.6. The predicted molar refractivity (Wildman–Crippen MR) is 102 cm³/mol. The first-order chi connectivity index (χ1) is 12.2. The second kappa shape index (κ2) is 8.30. The minimum absolute atomic E-state index is 0.0284. The van der Waals surface area contributed by atoms with Crippen LogP contribution >= 0.6 is 11.8 Å². The highest BCUT2D eigenvalue weighted by Gasteiger charge is 2.25. The summed E-state index contributed by atoms with van der Waals surface area (Å²) in [5.41, 5.74) is 1.94. The van der Waals surface area contributed by atoms with Crippen LogP contribution < -0.4 is 9.47 Å². The lowest BCUT2D eigenvalue weighted by molar-refractivity contribution is 0.0475. The van der Waals surface area contributed by atoms with Crippen LogP contribution in [-0.4, -0.2) is 42.9 Å². The van der Waals surface area contributed by atoms with Crippen molar-refractivity contribution in [2.45, 2.75) is 18.8 Å². The van der Waals surface area contributed by atoms with Crippen molar-refractivity contribution in [3.8, 4) is 11.5 Å². The molecule has 0 saturated carbocycles. The maximum Gasteiger partial charge on any atom is 0.253 e. The molecular formula is C20H23NO3S. The number of likely N-dealkylation sites (N-methyl/N-ethyl adjacent to an activating group) is 1. The van der Waals surface area contributed by atoms with E-state index < -0.39 is 0 Å². The summed E-state index contributed by atoms with van der Waals surface area (Å²) in [4.78, 5) is 14.6. The number of hydrogen-bond acceptors (Lipinski definition) is 4. The monoisotopic (exact) mass is 357 g/mol. The Bertz CT molecular complexity index is 717. The van der Waals surface area contributed by atoms with Gasteiger partial charge in [0.15, 0.2) is 17.6 Å². The van der Waals surface area contributed by atoms with Gasteiger partial charge in [-0.15, -0.1) is 0 Å². The van der Waals surface area contributed by atoms with Crippen molar-refractivity contribution < 1.29 is 14.3 Å². The van der Waals surface area contributed by atoms with E-state index >= 15 is 0 Å². The summed E-state index contributed by atoms with van der Waals surface area (Å²) in [5.74, 6) is 2.49. The number of nitrogens with zero attached hydrogens (tertiary/aromatic N) is 1. The Hall–Kier alpha value is -2.14. The first-order valence-corrected chi connectivity index (χ1v) is 9.86. The average Bonchev–Trinajstić information content (AvgIpc) is 2.66. The number of thioether (sulfide) groups is 1. The Morgan fingerprint density at radius 1 is 1.16 bits per heavy atom. The van der Waals surface area contributed by atoms with E-state index in [4.69, 9.17) is 9.47 Å². The number of benzene rings is 2. The van der Waals surface area contributed by atoms with Crippen LogP contribution in [0.25, 0.3) is 0 Å². The number of amides is 1. The number of fused-ring (bicyclic) bond motifs is 1. The quantitative estimate of drug-likeness (QED) is 0.787. The summed E-state index contributed by atoms with van der Waals surface area (Å²) in [6.07, 6.45) is 1.91. The first-order valence-electron chi connectivity index (χ1n) is 8.47. The van der Waals surface area contributed by atoms with Crippen LogP contribution in [-0.2, 0) is 5.75 Å². The van der Waals surface area contributed by atoms with E-state index in [9.17, 15) is 4.79 Å². The molecule has 25 heavy (non-hydrogen) atoms. The second-order valence-electron chi connectivity index (χ2n) is 5.97. The molecule has 5 heteroatoms. The summed E-state index contributed by atoms with van der Waals surface area (Å²) in [6.45, 7) is 3.58. The Kier molecular flexibility index (Phi) is 5.87. The lowest BCUT2D eigenvalue weighted by Crippen LogP contribution is -2.43. The number of ether oxygens (including phenoxy) is 2. The summed E-state index contributed by atoms with van der Waals surface area (Å²) in [5, 5.41) is 0. The van der Waals surface area contributed by atoms with Gasteiger partial charge in [0, 0.05) is 17.9 Å². The van der Waals surface area contributed by atoms with Crippen LogP contribution in [0.2, 0.25) is 0 Å². The van der Waals surface area contributed by atoms with Crippen LogP contribution in [0, 0.1) is 0 Å². The van der Waals surface area contributed by atoms with Crippen LogP contribution in [0.3, 0.4) is 0 Å². The topological polar surface area (TPSA) is 38.8 Å². The van der Waals surface area contributed by atoms with E-state index in [1.165, 1.54) is 5.56 Å². The summed E-state index contributed by atoms with van der Waals surface area (Å²) < 4.78 is 11.7. The number of para-hydroxylation sites is 2. The molecular weight excluding hydrogens is 334 g/mol. The third kappa shape index (κ3) is 4.28. The fourth-order valence-electron chi connectivity index (χ4n) is 2.85. The van der Waals surface area contributed by atoms with Gasteiger partial charge in [0.2, 0.25) is 0 Å². The van der Waals surface area contributed by atoms with Crippen molar-refractivity contribution >= 4 is 17.7 Å². The van der Waals surface area contributed by atoms with E-state index in [-0.39, 0.29) is 12.0 Å². The minimum Gasteiger partial charge on any atom is -0.486 e. The molecule has 2 aromatic carbocycles. The van der Waals surface area contributed by atoms with E-state index in [1.54, 1.807) is 11.8 Å². The average molecular weight is 357 g/mol. The van der Waals surface area contributed by atoms with Crippen molar-refractivity contribution in [2.24, 2.45) is 0 Å². The van der Waals surface area contributed by atoms with E-state index in [1.807, 2.05) is 60.4 Å². The predicted octanol–water partition coefficient (Wildman–Crippen LogP) is 3.85. The van der Waals surface area contributed by atoms with Gasteiger partial charge in [0.05, 0.1) is 6.54 Å². The molecule has 0 bridgehead atoms. The molecule has 0 radical (unpaired) electrons. The molecule has 0 fully saturated rings. The van der Waals surface area contributed by atoms with Crippen LogP contribution in [0.4, 0.5) is 0 Å². The van der Waals surface area contributed by atoms with Crippen LogP contribution in [0.15, 0.2) is 48.5 Å². The summed E-state index contributed by atoms with van der Waals surface area (Å²) >= 11 is 1.77. The molecule has 1 amide bonds. The molecule has 1 atom stereocenters. The standard InChI is InChI=1S/C20H23NO3S/c1-3-21(20(22)16-10-8-15(9-11-16)14-25-2)12-17-13-23-18-6-4-5-7-19(18)24-17/h4-11,17H,3,12-14H2,1-2H3. The molecule has 0 aromatic heterocycles. The second-order valence-corrected chi connectivity index (χ2v) is 6.84. The van der Waals surface area contributed by atoms with E-state index in [2.05, 4.69) is 6.26 Å². The van der Waals surface area contributed by atoms with E-state index in [0.717, 1.165) is 17.3 Å². The van der Waals surface area contributed by atoms with Gasteiger partial charge >= 0.3 is 0 Å². The molecule has 0 spiro atoms. The molecule has 4 nitrogen and oxygen atoms in total. The number of carbonyl (C=O) groups is 1. The minimum atomic E-state index is -0.158. The van der Waals surface area contributed by atoms with Gasteiger partial charge in [-0.1, -0.05) is 24.3 Å². The zero-order valence-electron chi connectivity index (χ0n) is 14.6. The number of carbonyl (C=O) groups excluding carboxylic acids is 1. The summed E-state index contributed by atoms with van der Waals surface area (Å²) in [7, 11) is 0. The molecule has 1 aliphatic heterocycles. The van der Waals surface area contributed by atoms with Crippen LogP contribution in [0.5, 0.6) is 11.5 Å². The molecule has 3 rings (SSSR count). The molecule has 1 heterocycles. The highest BCUT2D eigenvalue weighted by molar-refractivity contribution is 7.97. The van der Waals surface area contributed by atoms with Gasteiger partial charge in [-0.05, 0) is 43.0 Å². The molecule has 2 aromatic rings. The fourth-order valence-corrected chi connectivity index (χ4v) is 3.37. The van der Waals surface area contributed by atoms with Gasteiger partial charge in [-0.25, -0.2) is 0 Å². The van der Waals surface area contributed by atoms with Gasteiger partial charge in [-0.3, -0.25) is 4.79 Å². The Morgan fingerprint density at radius 3 is 2.56 bits per heavy atom. The van der Waals surface area contributed by atoms with Crippen molar-refractivity contribution in [3.05, 3.63) is 59.7 Å². The molecule has 0 saturated heterocycles. The highest BCUT2D eigenvalue weighted by Crippen LogP contribution is 2.31. The third-order valence-electron chi connectivity index (χ3n) is 4.17. The molecule has 1 unspecified atom stereocenters. The number of hydrogen-bond donors (Lipinski definition) is 0.